The molecule has 0 aliphatic heterocycles. The second-order valence-electron chi connectivity index (χ2n) is 7.39. The van der Waals surface area contributed by atoms with Gasteiger partial charge in [0.15, 0.2) is 0 Å². The van der Waals surface area contributed by atoms with Gasteiger partial charge in [0.2, 0.25) is 0 Å². The molecule has 0 saturated carbocycles. The van der Waals surface area contributed by atoms with E-state index in [-0.39, 0.29) is 12.3 Å². The van der Waals surface area contributed by atoms with Crippen LogP contribution in [-0.2, 0) is 6.54 Å². The van der Waals surface area contributed by atoms with E-state index in [2.05, 4.69) is 12.6 Å². The molecule has 6 nitrogen and oxygen atoms in total. The Hall–Kier alpha value is -3.84. The number of nitrogens with zero attached hydrogens (tertiary/aromatic N) is 3. The Bertz CT molecular complexity index is 1540. The lowest BCUT2D eigenvalue weighted by Crippen LogP contribution is -2.53. The Morgan fingerprint density at radius 3 is 1.47 bits per heavy atom. The van der Waals surface area contributed by atoms with Crippen LogP contribution in [0.4, 0.5) is 0 Å². The maximum Gasteiger partial charge on any atom is 0.345 e. The molecule has 0 saturated heterocycles. The molecule has 0 N–H and O–H groups in total. The van der Waals surface area contributed by atoms with E-state index in [1.807, 2.05) is 60.7 Å². The van der Waals surface area contributed by atoms with Crippen LogP contribution in [0.15, 0.2) is 99.3 Å². The molecule has 1 aromatic heterocycles. The van der Waals surface area contributed by atoms with Gasteiger partial charge in [-0.1, -0.05) is 72.8 Å². The van der Waals surface area contributed by atoms with Crippen LogP contribution in [-0.4, -0.2) is 19.5 Å². The first-order valence-electron chi connectivity index (χ1n) is 10.2. The highest BCUT2D eigenvalue weighted by atomic mass is 32.1. The molecule has 0 amide bonds. The van der Waals surface area contributed by atoms with Gasteiger partial charge >= 0.3 is 17.1 Å². The maximum absolute atomic E-state index is 13.7. The number of hydrogen-bond acceptors (Lipinski definition) is 4. The van der Waals surface area contributed by atoms with Crippen molar-refractivity contribution in [1.29, 1.82) is 0 Å². The second-order valence-corrected chi connectivity index (χ2v) is 7.84. The maximum atomic E-state index is 13.7. The number of fused-ring (bicyclic) bond motifs is 2. The standard InChI is InChI=1S/C25H19N3O3S/c29-23-26(15-16-32)24(30)28(22-14-6-10-18-8-2-4-12-20(18)22)25(31)27(23)21-13-5-9-17-7-1-3-11-19(17)21/h1-14,32H,15-16H2. The fourth-order valence-electron chi connectivity index (χ4n) is 4.10. The highest BCUT2D eigenvalue weighted by Gasteiger charge is 2.20. The summed E-state index contributed by atoms with van der Waals surface area (Å²) in [6, 6.07) is 25.9. The summed E-state index contributed by atoms with van der Waals surface area (Å²) in [6.45, 7) is 0.0800. The second kappa shape index (κ2) is 8.01. The van der Waals surface area contributed by atoms with Gasteiger partial charge < -0.3 is 0 Å². The molecule has 32 heavy (non-hydrogen) atoms. The number of thiol groups is 1. The van der Waals surface area contributed by atoms with Crippen molar-refractivity contribution in [3.05, 3.63) is 116 Å². The van der Waals surface area contributed by atoms with Gasteiger partial charge in [-0.05, 0) is 22.9 Å². The van der Waals surface area contributed by atoms with E-state index < -0.39 is 17.1 Å². The van der Waals surface area contributed by atoms with Crippen LogP contribution in [0, 0.1) is 0 Å². The Kier molecular flexibility index (Phi) is 5.03. The zero-order valence-corrected chi connectivity index (χ0v) is 17.9. The summed E-state index contributed by atoms with van der Waals surface area (Å²) in [6.07, 6.45) is 0. The van der Waals surface area contributed by atoms with Crippen molar-refractivity contribution in [3.8, 4) is 11.4 Å². The summed E-state index contributed by atoms with van der Waals surface area (Å²) >= 11 is 4.22. The molecule has 0 spiro atoms. The van der Waals surface area contributed by atoms with Crippen molar-refractivity contribution < 1.29 is 0 Å². The average molecular weight is 442 g/mol. The van der Waals surface area contributed by atoms with Gasteiger partial charge in [-0.2, -0.15) is 12.6 Å². The summed E-state index contributed by atoms with van der Waals surface area (Å²) in [5, 5.41) is 3.27. The van der Waals surface area contributed by atoms with Crippen molar-refractivity contribution in [1.82, 2.24) is 13.7 Å². The normalized spacial score (nSPS) is 11.3. The van der Waals surface area contributed by atoms with E-state index in [0.29, 0.717) is 11.4 Å². The predicted molar refractivity (Wildman–Crippen MR) is 131 cm³/mol. The number of aromatic nitrogens is 3. The highest BCUT2D eigenvalue weighted by Crippen LogP contribution is 2.22. The van der Waals surface area contributed by atoms with Crippen LogP contribution in [0.1, 0.15) is 0 Å². The lowest BCUT2D eigenvalue weighted by atomic mass is 10.1. The molecule has 0 fully saturated rings. The molecule has 0 bridgehead atoms. The summed E-state index contributed by atoms with van der Waals surface area (Å²) in [7, 11) is 0. The third kappa shape index (κ3) is 3.09. The summed E-state index contributed by atoms with van der Waals surface area (Å²) in [5.74, 6) is 0.276. The number of hydrogen-bond donors (Lipinski definition) is 1. The minimum atomic E-state index is -0.705. The molecule has 5 aromatic rings. The van der Waals surface area contributed by atoms with E-state index in [9.17, 15) is 14.4 Å². The molecule has 0 aliphatic rings. The molecule has 0 unspecified atom stereocenters. The van der Waals surface area contributed by atoms with Crippen LogP contribution in [0.3, 0.4) is 0 Å². The van der Waals surface area contributed by atoms with Crippen molar-refractivity contribution in [2.45, 2.75) is 6.54 Å². The van der Waals surface area contributed by atoms with E-state index in [4.69, 9.17) is 0 Å². The first-order valence-corrected chi connectivity index (χ1v) is 10.8. The van der Waals surface area contributed by atoms with Gasteiger partial charge in [-0.15, -0.1) is 0 Å². The van der Waals surface area contributed by atoms with Crippen molar-refractivity contribution >= 4 is 34.2 Å². The Morgan fingerprint density at radius 1 is 0.562 bits per heavy atom. The van der Waals surface area contributed by atoms with Crippen LogP contribution in [0.2, 0.25) is 0 Å². The largest absolute Gasteiger partial charge is 0.345 e. The van der Waals surface area contributed by atoms with E-state index in [0.717, 1.165) is 35.2 Å². The lowest BCUT2D eigenvalue weighted by Gasteiger charge is -2.16. The number of rotatable bonds is 4. The van der Waals surface area contributed by atoms with Gasteiger partial charge in [0.1, 0.15) is 0 Å². The lowest BCUT2D eigenvalue weighted by molar-refractivity contribution is 0.574. The molecule has 0 aliphatic carbocycles. The molecular weight excluding hydrogens is 422 g/mol. The summed E-state index contributed by atoms with van der Waals surface area (Å²) < 4.78 is 3.22. The molecule has 4 aromatic carbocycles. The first kappa shape index (κ1) is 20.1. The van der Waals surface area contributed by atoms with Crippen molar-refractivity contribution in [2.24, 2.45) is 0 Å². The highest BCUT2D eigenvalue weighted by molar-refractivity contribution is 7.80. The van der Waals surface area contributed by atoms with Crippen LogP contribution < -0.4 is 17.1 Å². The van der Waals surface area contributed by atoms with E-state index in [1.54, 1.807) is 24.3 Å². The topological polar surface area (TPSA) is 66.0 Å². The Balaban J connectivity index is 1.96. The third-order valence-electron chi connectivity index (χ3n) is 5.57. The van der Waals surface area contributed by atoms with Gasteiger partial charge in [-0.25, -0.2) is 28.1 Å². The molecule has 0 atom stereocenters. The SMILES string of the molecule is O=c1n(CCS)c(=O)n(-c2cccc3ccccc23)c(=O)n1-c1cccc2ccccc12. The minimum absolute atomic E-state index is 0.0800. The summed E-state index contributed by atoms with van der Waals surface area (Å²) in [5.41, 5.74) is -1.20. The fourth-order valence-corrected chi connectivity index (χ4v) is 4.30. The molecule has 158 valence electrons. The molecule has 1 heterocycles. The zero-order valence-electron chi connectivity index (χ0n) is 17.0. The van der Waals surface area contributed by atoms with Gasteiger partial charge in [0.05, 0.1) is 11.4 Å². The van der Waals surface area contributed by atoms with Crippen LogP contribution in [0.5, 0.6) is 0 Å². The molecular formula is C25H19N3O3S. The van der Waals surface area contributed by atoms with E-state index >= 15 is 0 Å². The Morgan fingerprint density at radius 2 is 1.00 bits per heavy atom. The van der Waals surface area contributed by atoms with E-state index in [1.165, 1.54) is 0 Å². The zero-order chi connectivity index (χ0) is 22.2. The predicted octanol–water partition coefficient (Wildman–Crippen LogP) is 3.39. The molecule has 7 heteroatoms. The number of benzene rings is 4. The van der Waals surface area contributed by atoms with Crippen molar-refractivity contribution in [3.63, 3.8) is 0 Å². The van der Waals surface area contributed by atoms with Gasteiger partial charge in [0.25, 0.3) is 0 Å². The van der Waals surface area contributed by atoms with Crippen LogP contribution in [0.25, 0.3) is 32.9 Å². The fraction of sp³-hybridized carbons (Fsp3) is 0.0800. The first-order chi connectivity index (χ1) is 15.6. The van der Waals surface area contributed by atoms with Gasteiger partial charge in [-0.3, -0.25) is 0 Å². The molecule has 5 rings (SSSR count). The quantitative estimate of drug-likeness (QED) is 0.435. The average Bonchev–Trinajstić information content (AvgIpc) is 2.82. The van der Waals surface area contributed by atoms with Crippen LogP contribution >= 0.6 is 12.6 Å². The summed E-state index contributed by atoms with van der Waals surface area (Å²) in [4.78, 5) is 40.5. The smallest absolute Gasteiger partial charge is 0.247 e. The van der Waals surface area contributed by atoms with Gasteiger partial charge in [0, 0.05) is 23.1 Å². The molecule has 0 radical (unpaired) electrons. The third-order valence-corrected chi connectivity index (χ3v) is 5.77. The minimum Gasteiger partial charge on any atom is -0.247 e. The van der Waals surface area contributed by atoms with Crippen molar-refractivity contribution in [2.75, 3.05) is 5.75 Å². The Labute approximate surface area is 188 Å². The monoisotopic (exact) mass is 441 g/mol.